The van der Waals surface area contributed by atoms with Crippen LogP contribution < -0.4 is 0 Å². The number of hydrogen-bond donors (Lipinski definition) is 1. The highest BCUT2D eigenvalue weighted by atomic mass is 16.3. The molecule has 1 heterocycles. The predicted molar refractivity (Wildman–Crippen MR) is 33.9 cm³/mol. The molecule has 0 unspecified atom stereocenters. The third-order valence-corrected chi connectivity index (χ3v) is 1.15. The molecule has 0 bridgehead atoms. The second-order valence-corrected chi connectivity index (χ2v) is 1.92. The van der Waals surface area contributed by atoms with Crippen molar-refractivity contribution in [2.75, 3.05) is 0 Å². The van der Waals surface area contributed by atoms with E-state index in [-0.39, 0.29) is 6.73 Å². The standard InChI is InChI=1S/C6H7N3O/c1-5-2-6(3-7)9(4-10)8-5/h2,10H,4H2,1H3. The number of aryl methyl sites for hydroxylation is 1. The van der Waals surface area contributed by atoms with E-state index >= 15 is 0 Å². The quantitative estimate of drug-likeness (QED) is 0.593. The van der Waals surface area contributed by atoms with Crippen molar-refractivity contribution in [2.24, 2.45) is 0 Å². The van der Waals surface area contributed by atoms with Crippen molar-refractivity contribution in [2.45, 2.75) is 13.7 Å². The Morgan fingerprint density at radius 1 is 1.90 bits per heavy atom. The van der Waals surface area contributed by atoms with E-state index in [0.29, 0.717) is 5.69 Å². The smallest absolute Gasteiger partial charge is 0.141 e. The highest BCUT2D eigenvalue weighted by Crippen LogP contribution is 1.99. The van der Waals surface area contributed by atoms with Crippen molar-refractivity contribution in [1.29, 1.82) is 5.26 Å². The Morgan fingerprint density at radius 3 is 3.00 bits per heavy atom. The molecule has 0 radical (unpaired) electrons. The number of aliphatic hydroxyl groups excluding tert-OH is 1. The molecule has 0 aliphatic heterocycles. The van der Waals surface area contributed by atoms with Gasteiger partial charge in [0.1, 0.15) is 18.5 Å². The van der Waals surface area contributed by atoms with E-state index in [9.17, 15) is 0 Å². The Morgan fingerprint density at radius 2 is 2.60 bits per heavy atom. The monoisotopic (exact) mass is 137 g/mol. The molecule has 4 nitrogen and oxygen atoms in total. The maximum absolute atomic E-state index is 8.61. The predicted octanol–water partition coefficient (Wildman–Crippen LogP) is 0.0130. The second-order valence-electron chi connectivity index (χ2n) is 1.92. The van der Waals surface area contributed by atoms with Crippen LogP contribution in [0.4, 0.5) is 0 Å². The molecule has 1 N–H and O–H groups in total. The van der Waals surface area contributed by atoms with Gasteiger partial charge in [0.05, 0.1) is 5.69 Å². The summed E-state index contributed by atoms with van der Waals surface area (Å²) in [5.74, 6) is 0. The van der Waals surface area contributed by atoms with Gasteiger partial charge >= 0.3 is 0 Å². The van der Waals surface area contributed by atoms with E-state index in [1.807, 2.05) is 6.07 Å². The van der Waals surface area contributed by atoms with Crippen LogP contribution in [0.2, 0.25) is 0 Å². The second kappa shape index (κ2) is 2.50. The largest absolute Gasteiger partial charge is 0.374 e. The van der Waals surface area contributed by atoms with E-state index < -0.39 is 0 Å². The number of aliphatic hydroxyl groups is 1. The fourth-order valence-corrected chi connectivity index (χ4v) is 0.743. The summed E-state index contributed by atoms with van der Waals surface area (Å²) in [5.41, 5.74) is 1.13. The van der Waals surface area contributed by atoms with Crippen molar-refractivity contribution in [1.82, 2.24) is 9.78 Å². The maximum Gasteiger partial charge on any atom is 0.141 e. The summed E-state index contributed by atoms with van der Waals surface area (Å²) in [6.07, 6.45) is 0. The fourth-order valence-electron chi connectivity index (χ4n) is 0.743. The third-order valence-electron chi connectivity index (χ3n) is 1.15. The summed E-state index contributed by atoms with van der Waals surface area (Å²) in [4.78, 5) is 0. The Balaban J connectivity index is 3.12. The minimum Gasteiger partial charge on any atom is -0.374 e. The Hall–Kier alpha value is -1.34. The van der Waals surface area contributed by atoms with Gasteiger partial charge in [-0.15, -0.1) is 0 Å². The van der Waals surface area contributed by atoms with Crippen molar-refractivity contribution in [3.63, 3.8) is 0 Å². The molecule has 0 aliphatic rings. The van der Waals surface area contributed by atoms with Crippen LogP contribution in [0.3, 0.4) is 0 Å². The van der Waals surface area contributed by atoms with Gasteiger partial charge < -0.3 is 5.11 Å². The van der Waals surface area contributed by atoms with Crippen LogP contribution in [0.1, 0.15) is 11.4 Å². The zero-order chi connectivity index (χ0) is 7.56. The summed E-state index contributed by atoms with van der Waals surface area (Å²) >= 11 is 0. The molecule has 1 rings (SSSR count). The van der Waals surface area contributed by atoms with Crippen LogP contribution in [-0.2, 0) is 6.73 Å². The van der Waals surface area contributed by atoms with Gasteiger partial charge in [-0.1, -0.05) is 0 Å². The average molecular weight is 137 g/mol. The lowest BCUT2D eigenvalue weighted by molar-refractivity contribution is 0.193. The summed E-state index contributed by atoms with van der Waals surface area (Å²) in [7, 11) is 0. The molecular formula is C6H7N3O. The maximum atomic E-state index is 8.61. The van der Waals surface area contributed by atoms with Crippen LogP contribution in [0, 0.1) is 18.3 Å². The molecule has 10 heavy (non-hydrogen) atoms. The number of hydrogen-bond acceptors (Lipinski definition) is 3. The van der Waals surface area contributed by atoms with Crippen molar-refractivity contribution >= 4 is 0 Å². The molecule has 0 atom stereocenters. The lowest BCUT2D eigenvalue weighted by Crippen LogP contribution is -2.01. The Labute approximate surface area is 58.3 Å². The van der Waals surface area contributed by atoms with Crippen LogP contribution in [0.25, 0.3) is 0 Å². The molecule has 0 aromatic carbocycles. The van der Waals surface area contributed by atoms with Gasteiger partial charge in [0.25, 0.3) is 0 Å². The van der Waals surface area contributed by atoms with Gasteiger partial charge in [-0.3, -0.25) is 0 Å². The molecule has 0 amide bonds. The normalized spacial score (nSPS) is 9.30. The average Bonchev–Trinajstić information content (AvgIpc) is 2.30. The minimum absolute atomic E-state index is 0.239. The zero-order valence-corrected chi connectivity index (χ0v) is 5.57. The first-order valence-electron chi connectivity index (χ1n) is 2.83. The van der Waals surface area contributed by atoms with Gasteiger partial charge in [-0.25, -0.2) is 4.68 Å². The van der Waals surface area contributed by atoms with Gasteiger partial charge in [-0.05, 0) is 13.0 Å². The van der Waals surface area contributed by atoms with Crippen LogP contribution in [-0.4, -0.2) is 14.9 Å². The summed E-state index contributed by atoms with van der Waals surface area (Å²) in [6, 6.07) is 3.53. The van der Waals surface area contributed by atoms with Gasteiger partial charge in [-0.2, -0.15) is 10.4 Å². The van der Waals surface area contributed by atoms with Crippen LogP contribution >= 0.6 is 0 Å². The first-order chi connectivity index (χ1) is 4.77. The lowest BCUT2D eigenvalue weighted by atomic mass is 10.4. The Bertz CT molecular complexity index is 271. The minimum atomic E-state index is -0.239. The molecule has 0 saturated heterocycles. The molecule has 52 valence electrons. The molecular weight excluding hydrogens is 130 g/mol. The highest BCUT2D eigenvalue weighted by molar-refractivity contribution is 5.22. The number of nitriles is 1. The van der Waals surface area contributed by atoms with Crippen molar-refractivity contribution < 1.29 is 5.11 Å². The topological polar surface area (TPSA) is 61.8 Å². The molecule has 0 spiro atoms. The van der Waals surface area contributed by atoms with E-state index in [0.717, 1.165) is 5.69 Å². The van der Waals surface area contributed by atoms with Crippen molar-refractivity contribution in [3.8, 4) is 6.07 Å². The van der Waals surface area contributed by atoms with Crippen LogP contribution in [0.15, 0.2) is 6.07 Å². The summed E-state index contributed by atoms with van der Waals surface area (Å²) < 4.78 is 1.25. The third kappa shape index (κ3) is 0.993. The SMILES string of the molecule is Cc1cc(C#N)n(CO)n1. The van der Waals surface area contributed by atoms with E-state index in [2.05, 4.69) is 5.10 Å². The van der Waals surface area contributed by atoms with Crippen LogP contribution in [0.5, 0.6) is 0 Å². The summed E-state index contributed by atoms with van der Waals surface area (Å²) in [6.45, 7) is 1.53. The first kappa shape index (κ1) is 6.78. The molecule has 1 aromatic heterocycles. The number of nitrogens with zero attached hydrogens (tertiary/aromatic N) is 3. The summed E-state index contributed by atoms with van der Waals surface area (Å²) in [5, 5.41) is 20.9. The van der Waals surface area contributed by atoms with Gasteiger partial charge in [0.15, 0.2) is 0 Å². The number of aromatic nitrogens is 2. The number of rotatable bonds is 1. The molecule has 0 saturated carbocycles. The fraction of sp³-hybridized carbons (Fsp3) is 0.333. The van der Waals surface area contributed by atoms with E-state index in [1.165, 1.54) is 4.68 Å². The molecule has 0 fully saturated rings. The first-order valence-corrected chi connectivity index (χ1v) is 2.83. The molecule has 0 aliphatic carbocycles. The highest BCUT2D eigenvalue weighted by Gasteiger charge is 2.00. The molecule has 1 aromatic rings. The Kier molecular flexibility index (Phi) is 1.69. The van der Waals surface area contributed by atoms with Gasteiger partial charge in [0, 0.05) is 0 Å². The lowest BCUT2D eigenvalue weighted by Gasteiger charge is -1.92. The van der Waals surface area contributed by atoms with E-state index in [1.54, 1.807) is 13.0 Å². The molecule has 4 heteroatoms. The van der Waals surface area contributed by atoms with Crippen molar-refractivity contribution in [3.05, 3.63) is 17.5 Å². The van der Waals surface area contributed by atoms with E-state index in [4.69, 9.17) is 10.4 Å². The van der Waals surface area contributed by atoms with Gasteiger partial charge in [0.2, 0.25) is 0 Å². The zero-order valence-electron chi connectivity index (χ0n) is 5.57.